The summed E-state index contributed by atoms with van der Waals surface area (Å²) in [4.78, 5) is 0. The van der Waals surface area contributed by atoms with Crippen LogP contribution in [0.15, 0.2) is 12.5 Å². The molecule has 2 N–H and O–H groups in total. The molecule has 7 heteroatoms. The van der Waals surface area contributed by atoms with Crippen molar-refractivity contribution in [2.45, 2.75) is 0 Å². The van der Waals surface area contributed by atoms with Gasteiger partial charge in [-0.05, 0) is 0 Å². The molecule has 0 atom stereocenters. The van der Waals surface area contributed by atoms with Gasteiger partial charge in [-0.15, -0.1) is 0 Å². The Morgan fingerprint density at radius 2 is 1.89 bits per heavy atom. The fourth-order valence-electron chi connectivity index (χ4n) is 0.0951. The van der Waals surface area contributed by atoms with Crippen LogP contribution in [-0.2, 0) is 14.6 Å². The van der Waals surface area contributed by atoms with Crippen molar-refractivity contribution in [1.29, 1.82) is 0 Å². The summed E-state index contributed by atoms with van der Waals surface area (Å²) in [5.74, 6) is 0. The second-order valence-electron chi connectivity index (χ2n) is 0.809. The molecule has 0 rings (SSSR count). The molecular weight excluding hydrogens is 159 g/mol. The molecule has 0 saturated carbocycles. The van der Waals surface area contributed by atoms with Crippen molar-refractivity contribution in [1.82, 2.24) is 0 Å². The Morgan fingerprint density at radius 3 is 2.00 bits per heavy atom. The number of aliphatic hydroxyl groups is 1. The minimum atomic E-state index is -4.43. The molecule has 0 unspecified atom stereocenters. The number of hydrogen-bond donors (Lipinski definition) is 2. The third kappa shape index (κ3) is 11.7. The SMILES string of the molecule is O=S(=O)(O)OC=CO.[NaH]. The van der Waals surface area contributed by atoms with Gasteiger partial charge in [-0.1, -0.05) is 0 Å². The van der Waals surface area contributed by atoms with Crippen LogP contribution in [0.1, 0.15) is 0 Å². The zero-order chi connectivity index (χ0) is 6.62. The van der Waals surface area contributed by atoms with Gasteiger partial charge >= 0.3 is 40.0 Å². The average molecular weight is 164 g/mol. The summed E-state index contributed by atoms with van der Waals surface area (Å²) < 4.78 is 30.3. The van der Waals surface area contributed by atoms with Gasteiger partial charge in [0.2, 0.25) is 0 Å². The third-order valence-corrected chi connectivity index (χ3v) is 0.592. The van der Waals surface area contributed by atoms with Crippen LogP contribution in [0, 0.1) is 0 Å². The van der Waals surface area contributed by atoms with E-state index in [0.29, 0.717) is 12.5 Å². The van der Waals surface area contributed by atoms with Crippen LogP contribution in [0.25, 0.3) is 0 Å². The first-order valence-corrected chi connectivity index (χ1v) is 2.87. The van der Waals surface area contributed by atoms with E-state index in [1.165, 1.54) is 0 Å². The van der Waals surface area contributed by atoms with Gasteiger partial charge in [-0.25, -0.2) is 0 Å². The van der Waals surface area contributed by atoms with E-state index in [1.54, 1.807) is 0 Å². The van der Waals surface area contributed by atoms with Crippen LogP contribution in [0.3, 0.4) is 0 Å². The van der Waals surface area contributed by atoms with Crippen molar-refractivity contribution in [3.8, 4) is 0 Å². The molecule has 5 nitrogen and oxygen atoms in total. The van der Waals surface area contributed by atoms with Gasteiger partial charge in [0.25, 0.3) is 0 Å². The molecule has 0 aliphatic heterocycles. The van der Waals surface area contributed by atoms with E-state index in [4.69, 9.17) is 9.66 Å². The van der Waals surface area contributed by atoms with E-state index >= 15 is 0 Å². The predicted octanol–water partition coefficient (Wildman–Crippen LogP) is -0.813. The monoisotopic (exact) mass is 164 g/mol. The Balaban J connectivity index is 0. The van der Waals surface area contributed by atoms with Crippen molar-refractivity contribution < 1.29 is 22.3 Å². The normalized spacial score (nSPS) is 10.8. The molecular formula is C2H5NaO5S. The second-order valence-corrected chi connectivity index (χ2v) is 1.86. The quantitative estimate of drug-likeness (QED) is 0.316. The number of rotatable bonds is 2. The second kappa shape index (κ2) is 5.07. The Morgan fingerprint density at radius 1 is 1.44 bits per heavy atom. The molecule has 0 amide bonds. The molecule has 0 fully saturated rings. The molecule has 0 radical (unpaired) electrons. The van der Waals surface area contributed by atoms with Crippen LogP contribution >= 0.6 is 0 Å². The summed E-state index contributed by atoms with van der Waals surface area (Å²) in [6, 6.07) is 0. The molecule has 0 saturated heterocycles. The standard InChI is InChI=1S/C2H4O5S.Na.H/c3-1-2-7-8(4,5)6;;/h1-3H,(H,4,5,6);;. The van der Waals surface area contributed by atoms with E-state index in [-0.39, 0.29) is 29.6 Å². The summed E-state index contributed by atoms with van der Waals surface area (Å²) in [6.07, 6.45) is 0.767. The van der Waals surface area contributed by atoms with Crippen molar-refractivity contribution in [2.75, 3.05) is 0 Å². The summed E-state index contributed by atoms with van der Waals surface area (Å²) in [5.41, 5.74) is 0. The first-order valence-electron chi connectivity index (χ1n) is 1.51. The van der Waals surface area contributed by atoms with E-state index in [0.717, 1.165) is 0 Å². The van der Waals surface area contributed by atoms with Crippen LogP contribution in [0.4, 0.5) is 0 Å². The van der Waals surface area contributed by atoms with E-state index in [2.05, 4.69) is 4.18 Å². The van der Waals surface area contributed by atoms with E-state index < -0.39 is 10.4 Å². The van der Waals surface area contributed by atoms with Crippen LogP contribution in [-0.4, -0.2) is 47.6 Å². The van der Waals surface area contributed by atoms with Gasteiger partial charge < -0.3 is 9.29 Å². The molecule has 0 aromatic heterocycles. The van der Waals surface area contributed by atoms with E-state index in [9.17, 15) is 8.42 Å². The fraction of sp³-hybridized carbons (Fsp3) is 0. The minimum absolute atomic E-state index is 0. The molecule has 0 spiro atoms. The zero-order valence-electron chi connectivity index (χ0n) is 3.68. The molecule has 50 valence electrons. The Kier molecular flexibility index (Phi) is 6.74. The van der Waals surface area contributed by atoms with Crippen LogP contribution in [0.5, 0.6) is 0 Å². The van der Waals surface area contributed by atoms with Gasteiger partial charge in [0.05, 0.1) is 0 Å². The molecule has 0 aromatic carbocycles. The first-order chi connectivity index (χ1) is 3.56. The van der Waals surface area contributed by atoms with Crippen molar-refractivity contribution >= 4 is 40.0 Å². The average Bonchev–Trinajstić information content (AvgIpc) is 1.59. The number of aliphatic hydroxyl groups excluding tert-OH is 1. The molecule has 0 aliphatic carbocycles. The molecule has 9 heavy (non-hydrogen) atoms. The first kappa shape index (κ1) is 12.0. The Hall–Kier alpha value is 0.250. The fourth-order valence-corrected chi connectivity index (χ4v) is 0.285. The van der Waals surface area contributed by atoms with Gasteiger partial charge in [-0.2, -0.15) is 8.42 Å². The molecule has 0 heterocycles. The summed E-state index contributed by atoms with van der Waals surface area (Å²) in [7, 11) is -4.43. The van der Waals surface area contributed by atoms with E-state index in [1.807, 2.05) is 0 Å². The van der Waals surface area contributed by atoms with Crippen molar-refractivity contribution in [3.63, 3.8) is 0 Å². The maximum atomic E-state index is 9.56. The number of hydrogen-bond acceptors (Lipinski definition) is 4. The van der Waals surface area contributed by atoms with Gasteiger partial charge in [0, 0.05) is 0 Å². The Labute approximate surface area is 74.6 Å². The van der Waals surface area contributed by atoms with Crippen LogP contribution < -0.4 is 0 Å². The molecule has 0 aliphatic rings. The topological polar surface area (TPSA) is 83.8 Å². The maximum absolute atomic E-state index is 9.56. The van der Waals surface area contributed by atoms with Gasteiger partial charge in [-0.3, -0.25) is 4.55 Å². The zero-order valence-corrected chi connectivity index (χ0v) is 4.50. The third-order valence-electron chi connectivity index (χ3n) is 0.238. The van der Waals surface area contributed by atoms with Gasteiger partial charge in [0.15, 0.2) is 0 Å². The van der Waals surface area contributed by atoms with Gasteiger partial charge in [0.1, 0.15) is 12.5 Å². The van der Waals surface area contributed by atoms with Crippen molar-refractivity contribution in [2.24, 2.45) is 0 Å². The molecule has 0 aromatic rings. The summed E-state index contributed by atoms with van der Waals surface area (Å²) in [6.45, 7) is 0. The molecule has 0 bridgehead atoms. The Bertz CT molecular complexity index is 169. The predicted molar refractivity (Wildman–Crippen MR) is 31.6 cm³/mol. The summed E-state index contributed by atoms with van der Waals surface area (Å²) in [5, 5.41) is 7.75. The summed E-state index contributed by atoms with van der Waals surface area (Å²) >= 11 is 0. The van der Waals surface area contributed by atoms with Crippen LogP contribution in [0.2, 0.25) is 0 Å². The van der Waals surface area contributed by atoms with Crippen molar-refractivity contribution in [3.05, 3.63) is 12.5 Å².